The number of halogens is 1. The highest BCUT2D eigenvalue weighted by Crippen LogP contribution is 2.20. The van der Waals surface area contributed by atoms with Gasteiger partial charge in [0.1, 0.15) is 0 Å². The Balaban J connectivity index is 2.97. The summed E-state index contributed by atoms with van der Waals surface area (Å²) >= 11 is 3.37. The van der Waals surface area contributed by atoms with Crippen LogP contribution in [0.1, 0.15) is 0 Å². The lowest BCUT2D eigenvalue weighted by atomic mass is 10.2. The van der Waals surface area contributed by atoms with Gasteiger partial charge in [0, 0.05) is 5.69 Å². The molecule has 1 aromatic carbocycles. The second-order valence-corrected chi connectivity index (χ2v) is 5.00. The fraction of sp³-hybridized carbons (Fsp3) is 0. The van der Waals surface area contributed by atoms with E-state index in [1.54, 1.807) is 14.3 Å². The van der Waals surface area contributed by atoms with Crippen molar-refractivity contribution in [3.8, 4) is 0 Å². The molecule has 2 N–H and O–H groups in total. The molecule has 0 bridgehead atoms. The van der Waals surface area contributed by atoms with Crippen LogP contribution in [0.3, 0.4) is 0 Å². The van der Waals surface area contributed by atoms with E-state index in [2.05, 4.69) is 0 Å². The van der Waals surface area contributed by atoms with Gasteiger partial charge in [-0.25, -0.2) is 2.17 Å². The first-order chi connectivity index (χ1) is 5.68. The van der Waals surface area contributed by atoms with Gasteiger partial charge < -0.3 is 5.73 Å². The van der Waals surface area contributed by atoms with Crippen molar-refractivity contribution in [1.29, 1.82) is 0 Å². The molecule has 0 unspecified atom stereocenters. The van der Waals surface area contributed by atoms with Gasteiger partial charge in [-0.15, -0.1) is 0 Å². The standard InChI is InChI=1S/C7H5IN2OS/c8-10-7(11)5-2-1-4(9)3-6(5)12-10/h1-3H,9H2. The van der Waals surface area contributed by atoms with Crippen LogP contribution in [0.5, 0.6) is 0 Å². The maximum absolute atomic E-state index is 11.4. The number of nitrogen functional groups attached to an aromatic ring is 1. The Morgan fingerprint density at radius 1 is 1.50 bits per heavy atom. The minimum absolute atomic E-state index is 0.0376. The van der Waals surface area contributed by atoms with Crippen LogP contribution in [-0.2, 0) is 0 Å². The fourth-order valence-corrected chi connectivity index (χ4v) is 2.71. The molecular formula is C7H5IN2OS. The number of fused-ring (bicyclic) bond motifs is 1. The van der Waals surface area contributed by atoms with Crippen molar-refractivity contribution in [2.45, 2.75) is 0 Å². The maximum atomic E-state index is 11.4. The fourth-order valence-electron chi connectivity index (χ4n) is 1.01. The summed E-state index contributed by atoms with van der Waals surface area (Å²) in [5, 5.41) is 0.739. The van der Waals surface area contributed by atoms with Gasteiger partial charge in [0.15, 0.2) is 0 Å². The smallest absolute Gasteiger partial charge is 0.277 e. The van der Waals surface area contributed by atoms with E-state index >= 15 is 0 Å². The Morgan fingerprint density at radius 3 is 3.00 bits per heavy atom. The molecule has 0 aliphatic heterocycles. The zero-order valence-electron chi connectivity index (χ0n) is 5.95. The van der Waals surface area contributed by atoms with Crippen molar-refractivity contribution in [2.75, 3.05) is 5.73 Å². The Morgan fingerprint density at radius 2 is 2.25 bits per heavy atom. The van der Waals surface area contributed by atoms with Gasteiger partial charge in [0.2, 0.25) is 0 Å². The average Bonchev–Trinajstić information content (AvgIpc) is 2.28. The van der Waals surface area contributed by atoms with Crippen LogP contribution in [0.25, 0.3) is 10.1 Å². The summed E-state index contributed by atoms with van der Waals surface area (Å²) in [6.07, 6.45) is 0. The lowest BCUT2D eigenvalue weighted by Gasteiger charge is -1.88. The van der Waals surface area contributed by atoms with E-state index in [4.69, 9.17) is 5.73 Å². The van der Waals surface area contributed by atoms with Gasteiger partial charge in [0.25, 0.3) is 5.56 Å². The molecule has 2 aromatic rings. The molecule has 0 fully saturated rings. The van der Waals surface area contributed by atoms with Gasteiger partial charge in [-0.2, -0.15) is 0 Å². The van der Waals surface area contributed by atoms with Gasteiger partial charge in [-0.1, -0.05) is 0 Å². The van der Waals surface area contributed by atoms with E-state index in [0.717, 1.165) is 10.1 Å². The number of hydrogen-bond acceptors (Lipinski definition) is 3. The van der Waals surface area contributed by atoms with Crippen molar-refractivity contribution in [2.24, 2.45) is 0 Å². The Hall–Kier alpha value is -0.560. The van der Waals surface area contributed by atoms with Crippen molar-refractivity contribution in [3.05, 3.63) is 28.6 Å². The van der Waals surface area contributed by atoms with Crippen molar-refractivity contribution in [1.82, 2.24) is 2.17 Å². The Labute approximate surface area is 86.4 Å². The molecular weight excluding hydrogens is 287 g/mol. The molecule has 62 valence electrons. The lowest BCUT2D eigenvalue weighted by molar-refractivity contribution is 1.42. The summed E-state index contributed by atoms with van der Waals surface area (Å²) in [7, 11) is 0. The SMILES string of the molecule is Nc1ccc2c(=O)n(I)sc2c1. The molecule has 0 amide bonds. The van der Waals surface area contributed by atoms with Crippen LogP contribution in [0.4, 0.5) is 5.69 Å². The molecule has 12 heavy (non-hydrogen) atoms. The van der Waals surface area contributed by atoms with Crippen LogP contribution in [0.15, 0.2) is 23.0 Å². The number of hydrogen-bond donors (Lipinski definition) is 1. The number of nitrogens with two attached hydrogens (primary N) is 1. The zero-order valence-corrected chi connectivity index (χ0v) is 8.93. The number of rotatable bonds is 0. The van der Waals surface area contributed by atoms with Gasteiger partial charge >= 0.3 is 0 Å². The number of anilines is 1. The van der Waals surface area contributed by atoms with Crippen LogP contribution in [-0.4, -0.2) is 2.17 Å². The summed E-state index contributed by atoms with van der Waals surface area (Å²) in [6, 6.07) is 5.32. The highest BCUT2D eigenvalue weighted by atomic mass is 127. The van der Waals surface area contributed by atoms with Crippen molar-refractivity contribution in [3.63, 3.8) is 0 Å². The maximum Gasteiger partial charge on any atom is 0.277 e. The molecule has 0 spiro atoms. The summed E-state index contributed by atoms with van der Waals surface area (Å²) in [5.74, 6) is 0. The molecule has 0 atom stereocenters. The number of benzene rings is 1. The molecule has 0 saturated carbocycles. The summed E-state index contributed by atoms with van der Waals surface area (Å²) < 4.78 is 2.51. The topological polar surface area (TPSA) is 48.0 Å². The second-order valence-electron chi connectivity index (χ2n) is 2.40. The summed E-state index contributed by atoms with van der Waals surface area (Å²) in [4.78, 5) is 11.4. The third kappa shape index (κ3) is 1.13. The zero-order chi connectivity index (χ0) is 8.72. The van der Waals surface area contributed by atoms with E-state index in [0.29, 0.717) is 5.69 Å². The Kier molecular flexibility index (Phi) is 1.84. The molecule has 5 heteroatoms. The van der Waals surface area contributed by atoms with Crippen LogP contribution < -0.4 is 11.3 Å². The highest BCUT2D eigenvalue weighted by molar-refractivity contribution is 14.1. The predicted molar refractivity (Wildman–Crippen MR) is 59.9 cm³/mol. The normalized spacial score (nSPS) is 10.8. The predicted octanol–water partition coefficient (Wildman–Crippen LogP) is 1.84. The second kappa shape index (κ2) is 2.74. The highest BCUT2D eigenvalue weighted by Gasteiger charge is 2.04. The molecule has 1 heterocycles. The third-order valence-corrected chi connectivity index (χ3v) is 3.46. The molecule has 0 aliphatic carbocycles. The van der Waals surface area contributed by atoms with E-state index in [9.17, 15) is 4.79 Å². The summed E-state index contributed by atoms with van der Waals surface area (Å²) in [6.45, 7) is 0. The van der Waals surface area contributed by atoms with Crippen LogP contribution >= 0.6 is 34.4 Å². The van der Waals surface area contributed by atoms with Crippen molar-refractivity contribution < 1.29 is 0 Å². The first kappa shape index (κ1) is 8.06. The van der Waals surface area contributed by atoms with Gasteiger partial charge in [-0.3, -0.25) is 4.79 Å². The van der Waals surface area contributed by atoms with Crippen LogP contribution in [0.2, 0.25) is 0 Å². The monoisotopic (exact) mass is 292 g/mol. The van der Waals surface area contributed by atoms with Crippen molar-refractivity contribution >= 4 is 50.2 Å². The first-order valence-electron chi connectivity index (χ1n) is 3.26. The average molecular weight is 292 g/mol. The molecule has 1 aromatic heterocycles. The minimum Gasteiger partial charge on any atom is -0.399 e. The van der Waals surface area contributed by atoms with E-state index in [1.165, 1.54) is 11.5 Å². The first-order valence-corrected chi connectivity index (χ1v) is 5.00. The van der Waals surface area contributed by atoms with E-state index in [1.807, 2.05) is 28.9 Å². The van der Waals surface area contributed by atoms with E-state index < -0.39 is 0 Å². The molecule has 0 aliphatic rings. The van der Waals surface area contributed by atoms with E-state index in [-0.39, 0.29) is 5.56 Å². The van der Waals surface area contributed by atoms with Gasteiger partial charge in [0.05, 0.1) is 33.0 Å². The quantitative estimate of drug-likeness (QED) is 0.595. The molecule has 3 nitrogen and oxygen atoms in total. The minimum atomic E-state index is 0.0376. The third-order valence-electron chi connectivity index (χ3n) is 1.57. The Bertz CT molecular complexity index is 488. The van der Waals surface area contributed by atoms with Crippen LogP contribution in [0, 0.1) is 0 Å². The largest absolute Gasteiger partial charge is 0.399 e. The number of nitrogens with zero attached hydrogens (tertiary/aromatic N) is 1. The summed E-state index contributed by atoms with van der Waals surface area (Å²) in [5.41, 5.74) is 6.31. The molecule has 0 saturated heterocycles. The van der Waals surface area contributed by atoms with Gasteiger partial charge in [-0.05, 0) is 29.7 Å². The number of aromatic nitrogens is 1. The molecule has 0 radical (unpaired) electrons. The lowest BCUT2D eigenvalue weighted by Crippen LogP contribution is -2.02. The molecule has 2 rings (SSSR count).